The number of hydrogen-bond acceptors (Lipinski definition) is 18. The zero-order valence-electron chi connectivity index (χ0n) is 73.8. The lowest BCUT2D eigenvalue weighted by Gasteiger charge is -2.17. The van der Waals surface area contributed by atoms with Gasteiger partial charge in [-0.3, -0.25) is 33.9 Å². The number of aromatic nitrogens is 8. The van der Waals surface area contributed by atoms with E-state index >= 15 is 0 Å². The number of anilines is 12. The van der Waals surface area contributed by atoms with Crippen LogP contribution in [0.3, 0.4) is 0 Å². The average Bonchev–Trinajstić information content (AvgIpc) is 1.19. The predicted molar refractivity (Wildman–Crippen MR) is 507 cm³/mol. The summed E-state index contributed by atoms with van der Waals surface area (Å²) in [7, 11) is 4.62. The van der Waals surface area contributed by atoms with Crippen molar-refractivity contribution in [1.29, 1.82) is 5.26 Å². The van der Waals surface area contributed by atoms with E-state index in [0.717, 1.165) is 75.7 Å². The number of alkyl halides is 9. The molecule has 11 N–H and O–H groups in total. The molecule has 15 aromatic rings. The van der Waals surface area contributed by atoms with Crippen LogP contribution < -0.4 is 68.8 Å². The molecule has 5 aromatic heterocycles. The summed E-state index contributed by atoms with van der Waals surface area (Å²) in [4.78, 5) is 111. The van der Waals surface area contributed by atoms with Crippen LogP contribution in [0, 0.1) is 37.9 Å². The molecule has 10 aromatic carbocycles. The Kier molecular flexibility index (Phi) is 31.7. The van der Waals surface area contributed by atoms with Gasteiger partial charge >= 0.3 is 30.6 Å². The third-order valence-corrected chi connectivity index (χ3v) is 20.8. The lowest BCUT2D eigenvalue weighted by Crippen LogP contribution is -2.20. The molecule has 138 heavy (non-hydrogen) atoms. The number of halogens is 12. The highest BCUT2D eigenvalue weighted by molar-refractivity contribution is 6.32. The molecular formula is C98H80Cl2F10N20O8. The van der Waals surface area contributed by atoms with Gasteiger partial charge in [0.15, 0.2) is 0 Å². The Balaban J connectivity index is 0.000000166. The van der Waals surface area contributed by atoms with Crippen LogP contribution in [-0.4, -0.2) is 88.8 Å². The number of fused-ring (bicyclic) bond motifs is 1. The summed E-state index contributed by atoms with van der Waals surface area (Å²) in [5.74, 6) is -1.21. The number of rotatable bonds is 21. The molecule has 704 valence electrons. The number of carbonyl (C=O) groups is 6. The van der Waals surface area contributed by atoms with Gasteiger partial charge in [0.2, 0.25) is 5.95 Å². The van der Waals surface area contributed by atoms with Crippen molar-refractivity contribution in [3.05, 3.63) is 362 Å². The van der Waals surface area contributed by atoms with Crippen LogP contribution in [0.5, 0.6) is 11.5 Å². The molecule has 0 bridgehead atoms. The van der Waals surface area contributed by atoms with Crippen molar-refractivity contribution in [1.82, 2.24) is 49.7 Å². The van der Waals surface area contributed by atoms with Gasteiger partial charge in [0.1, 0.15) is 28.7 Å². The number of pyridine rings is 2. The zero-order chi connectivity index (χ0) is 99.5. The third kappa shape index (κ3) is 26.9. The summed E-state index contributed by atoms with van der Waals surface area (Å²) in [6.07, 6.45) is -4.93. The van der Waals surface area contributed by atoms with E-state index in [9.17, 15) is 82.7 Å². The van der Waals surface area contributed by atoms with Crippen molar-refractivity contribution in [2.24, 2.45) is 7.05 Å². The molecular weight excluding hydrogens is 1850 g/mol. The maximum Gasteiger partial charge on any atom is 0.417 e. The predicted octanol–water partition coefficient (Wildman–Crippen LogP) is 23.2. The molecule has 0 spiro atoms. The number of nitrogens with zero attached hydrogens (tertiary/aromatic N) is 9. The highest BCUT2D eigenvalue weighted by Crippen LogP contribution is 2.40. The van der Waals surface area contributed by atoms with Crippen molar-refractivity contribution in [2.75, 3.05) is 61.9 Å². The number of imidazole rings is 1. The second kappa shape index (κ2) is 43.7. The minimum atomic E-state index is -4.70. The Bertz CT molecular complexity index is 7180. The molecule has 0 aliphatic carbocycles. The first-order valence-electron chi connectivity index (χ1n) is 41.1. The van der Waals surface area contributed by atoms with E-state index in [-0.39, 0.29) is 62.8 Å². The first-order valence-corrected chi connectivity index (χ1v) is 41.9. The number of aryl methyl sites for hydroxylation is 4. The zero-order valence-corrected chi connectivity index (χ0v) is 75.3. The fourth-order valence-corrected chi connectivity index (χ4v) is 13.3. The van der Waals surface area contributed by atoms with Gasteiger partial charge in [-0.2, -0.15) is 44.8 Å². The number of ether oxygens (including phenoxy) is 1. The van der Waals surface area contributed by atoms with Crippen LogP contribution in [0.1, 0.15) is 94.6 Å². The van der Waals surface area contributed by atoms with Gasteiger partial charge in [-0.1, -0.05) is 77.8 Å². The van der Waals surface area contributed by atoms with Crippen molar-refractivity contribution in [3.8, 4) is 34.5 Å². The lowest BCUT2D eigenvalue weighted by molar-refractivity contribution is -0.138. The Hall–Kier alpha value is -17.1. The van der Waals surface area contributed by atoms with E-state index < -0.39 is 80.4 Å². The van der Waals surface area contributed by atoms with Crippen molar-refractivity contribution < 1.29 is 77.4 Å². The second-order valence-electron chi connectivity index (χ2n) is 30.7. The van der Waals surface area contributed by atoms with Crippen molar-refractivity contribution in [3.63, 3.8) is 0 Å². The van der Waals surface area contributed by atoms with Gasteiger partial charge < -0.3 is 72.4 Å². The van der Waals surface area contributed by atoms with Crippen molar-refractivity contribution in [2.45, 2.75) is 58.6 Å². The van der Waals surface area contributed by atoms with E-state index in [1.807, 2.05) is 88.4 Å². The van der Waals surface area contributed by atoms with Crippen LogP contribution in [0.4, 0.5) is 122 Å². The monoisotopic (exact) mass is 1920 g/mol. The Labute approximate surface area is 790 Å². The Morgan fingerprint density at radius 1 is 0.442 bits per heavy atom. The summed E-state index contributed by atoms with van der Waals surface area (Å²) in [5.41, 5.74) is 6.49. The standard InChI is InChI=1S/C29H23F3N6O.C27H25N5O2.C21H16ClF4N5O2.C21H16ClF3N4O3/c1-18-8-9-21(12-26(18)37-28-33-11-10-25(36-28)20-6-4-3-5-7-20)27(39)35-23-13-22(29(30,31)32)14-24(15-23)38-16-19(2)34-17-38;1-17-8-9-21(31-25(33)18-6-5-7-19(12-18)27(2,3)15-28)14-24(17)30-20-10-11-23-22(13-20)26(34)32(4)16-29-23;1-27-19(32)18-10-13(6-7-28-18)29-12-3-5-17(16(23)9-12)31-20(33)30-11-2-4-15(22)14(8-11)21(24,25)26;1-26-19(30)18-11-15(8-9-27-18)32-14-5-2-12(3-6-14)28-20(31)29-13-4-7-17(22)16(10-13)21(23,24)25/h3-17H,1-2H3,(H,35,39)(H,33,36,37);5-14,16,30H,1-4H3,(H,31,33);2-10H,1H3,(H,27,32)(H,28,29)(H2,30,31,33);2-11H,1H3,(H,26,30)(H2,28,29,31). The molecule has 0 atom stereocenters. The fraction of sp³-hybridized carbons (Fsp3) is 0.122. The number of hydrogen-bond donors (Lipinski definition) is 11. The van der Waals surface area contributed by atoms with Crippen LogP contribution in [0.25, 0.3) is 27.8 Å². The Morgan fingerprint density at radius 2 is 1.00 bits per heavy atom. The fourth-order valence-electron chi connectivity index (χ4n) is 12.9. The normalized spacial score (nSPS) is 11.1. The third-order valence-electron chi connectivity index (χ3n) is 20.1. The largest absolute Gasteiger partial charge is 0.457 e. The van der Waals surface area contributed by atoms with Crippen molar-refractivity contribution >= 4 is 138 Å². The molecule has 0 radical (unpaired) electrons. The number of amides is 8. The van der Waals surface area contributed by atoms with Gasteiger partial charge in [0, 0.05) is 131 Å². The average molecular weight is 1930 g/mol. The highest BCUT2D eigenvalue weighted by atomic mass is 35.5. The van der Waals surface area contributed by atoms with Crippen LogP contribution in [-0.2, 0) is 31.0 Å². The molecule has 0 saturated heterocycles. The molecule has 15 rings (SSSR count). The summed E-state index contributed by atoms with van der Waals surface area (Å²) in [5, 5.41) is 38.0. The highest BCUT2D eigenvalue weighted by Gasteiger charge is 2.36. The maximum absolute atomic E-state index is 14.5. The van der Waals surface area contributed by atoms with Crippen LogP contribution >= 0.6 is 23.2 Å². The number of benzene rings is 10. The summed E-state index contributed by atoms with van der Waals surface area (Å²) < 4.78 is 142. The Morgan fingerprint density at radius 3 is 1.62 bits per heavy atom. The summed E-state index contributed by atoms with van der Waals surface area (Å²) in [6, 6.07) is 60.5. The second-order valence-corrected chi connectivity index (χ2v) is 31.5. The van der Waals surface area contributed by atoms with E-state index in [2.05, 4.69) is 94.5 Å². The molecule has 0 fully saturated rings. The maximum atomic E-state index is 14.5. The van der Waals surface area contributed by atoms with Crippen LogP contribution in [0.2, 0.25) is 10.0 Å². The number of nitriles is 1. The molecule has 8 amide bonds. The van der Waals surface area contributed by atoms with Gasteiger partial charge in [-0.05, 0) is 227 Å². The topological polar surface area (TPSA) is 372 Å². The quantitative estimate of drug-likeness (QED) is 0.0298. The first kappa shape index (κ1) is 99.9. The summed E-state index contributed by atoms with van der Waals surface area (Å²) >= 11 is 11.1. The molecule has 40 heteroatoms. The van der Waals surface area contributed by atoms with Crippen LogP contribution in [0.15, 0.2) is 279 Å². The first-order chi connectivity index (χ1) is 65.5. The van der Waals surface area contributed by atoms with Gasteiger partial charge in [-0.25, -0.2) is 33.9 Å². The molecule has 0 unspecified atom stereocenters. The van der Waals surface area contributed by atoms with E-state index in [0.29, 0.717) is 74.1 Å². The van der Waals surface area contributed by atoms with Gasteiger partial charge in [0.25, 0.3) is 29.2 Å². The van der Waals surface area contributed by atoms with Gasteiger partial charge in [0.05, 0.1) is 78.9 Å². The summed E-state index contributed by atoms with van der Waals surface area (Å²) in [6.45, 7) is 9.19. The van der Waals surface area contributed by atoms with E-state index in [1.54, 1.807) is 117 Å². The van der Waals surface area contributed by atoms with E-state index in [4.69, 9.17) is 27.9 Å². The minimum Gasteiger partial charge on any atom is -0.457 e. The molecule has 0 aliphatic rings. The number of carbonyl (C=O) groups excluding carboxylic acids is 6. The number of urea groups is 2. The lowest BCUT2D eigenvalue weighted by atomic mass is 9.85. The minimum absolute atomic E-state index is 0.00478. The molecule has 0 aliphatic heterocycles. The smallest absolute Gasteiger partial charge is 0.417 e. The molecule has 0 saturated carbocycles. The molecule has 28 nitrogen and oxygen atoms in total. The molecule has 5 heterocycles. The number of nitrogens with one attached hydrogen (secondary N) is 11. The van der Waals surface area contributed by atoms with E-state index in [1.165, 1.54) is 90.7 Å². The SMILES string of the molecule is CNC(=O)c1cc(Nc2ccc(NC(=O)Nc3ccc(Cl)c(C(F)(F)F)c3)c(F)c2)ccn1.CNC(=O)c1cc(Oc2ccc(NC(=O)Nc3ccc(Cl)c(C(F)(F)F)c3)cc2)ccn1.Cc1ccc(NC(=O)c2cccc(C(C)(C)C#N)c2)cc1Nc1ccc2ncn(C)c(=O)c2c1.Cc1cn(-c2cc(NC(=O)c3ccc(C)c(Nc4nccc(-c5ccccc5)n4)c3)cc(C(F)(F)F)c2)cn1. The van der Waals surface area contributed by atoms with Gasteiger partial charge in [-0.15, -0.1) is 0 Å².